The summed E-state index contributed by atoms with van der Waals surface area (Å²) in [7, 11) is -3.97. The van der Waals surface area contributed by atoms with Crippen LogP contribution in [-0.2, 0) is 14.8 Å². The van der Waals surface area contributed by atoms with Gasteiger partial charge in [0, 0.05) is 3.57 Å². The lowest BCUT2D eigenvalue weighted by atomic mass is 10.1. The van der Waals surface area contributed by atoms with Crippen molar-refractivity contribution in [1.82, 2.24) is 5.43 Å². The largest absolute Gasteiger partial charge is 0.271 e. The van der Waals surface area contributed by atoms with E-state index < -0.39 is 22.5 Å². The third-order valence-electron chi connectivity index (χ3n) is 5.27. The van der Waals surface area contributed by atoms with Crippen molar-refractivity contribution in [2.24, 2.45) is 5.10 Å². The molecule has 0 spiro atoms. The molecule has 1 amide bonds. The Hall–Kier alpha value is -2.72. The van der Waals surface area contributed by atoms with Gasteiger partial charge in [0.25, 0.3) is 15.9 Å². The summed E-state index contributed by atoms with van der Waals surface area (Å²) in [6.07, 6.45) is 0. The Morgan fingerprint density at radius 2 is 1.67 bits per heavy atom. The first-order valence-electron chi connectivity index (χ1n) is 10.3. The van der Waals surface area contributed by atoms with Crippen LogP contribution >= 0.6 is 22.6 Å². The second-order valence-corrected chi connectivity index (χ2v) is 10.9. The van der Waals surface area contributed by atoms with Crippen molar-refractivity contribution < 1.29 is 13.2 Å². The van der Waals surface area contributed by atoms with E-state index in [4.69, 9.17) is 0 Å². The smallest absolute Gasteiger partial charge is 0.264 e. The van der Waals surface area contributed by atoms with Crippen LogP contribution < -0.4 is 9.73 Å². The van der Waals surface area contributed by atoms with Crippen LogP contribution in [0, 0.1) is 24.3 Å². The van der Waals surface area contributed by atoms with Gasteiger partial charge in [-0.25, -0.2) is 13.8 Å². The SMILES string of the molecule is C/C(=N/NC(=O)CN(c1ccc(C)c(C)c1)S(=O)(=O)c1ccc(C)cc1)c1cccc(I)c1. The zero-order valence-electron chi connectivity index (χ0n) is 19.0. The van der Waals surface area contributed by atoms with E-state index in [1.54, 1.807) is 43.3 Å². The molecule has 0 atom stereocenters. The summed E-state index contributed by atoms with van der Waals surface area (Å²) in [4.78, 5) is 12.9. The molecule has 0 fully saturated rings. The molecule has 8 heteroatoms. The van der Waals surface area contributed by atoms with Gasteiger partial charge in [0.15, 0.2) is 0 Å². The highest BCUT2D eigenvalue weighted by Gasteiger charge is 2.27. The molecular weight excluding hydrogens is 549 g/mol. The van der Waals surface area contributed by atoms with Gasteiger partial charge in [0.1, 0.15) is 6.54 Å². The maximum atomic E-state index is 13.5. The molecule has 6 nitrogen and oxygen atoms in total. The van der Waals surface area contributed by atoms with Gasteiger partial charge in [0.2, 0.25) is 0 Å². The summed E-state index contributed by atoms with van der Waals surface area (Å²) >= 11 is 2.21. The molecule has 0 radical (unpaired) electrons. The Kier molecular flexibility index (Phi) is 7.91. The Bertz CT molecular complexity index is 1300. The average molecular weight is 575 g/mol. The van der Waals surface area contributed by atoms with Crippen LogP contribution in [0.15, 0.2) is 76.7 Å². The number of nitrogens with zero attached hydrogens (tertiary/aromatic N) is 2. The summed E-state index contributed by atoms with van der Waals surface area (Å²) in [6, 6.07) is 19.6. The van der Waals surface area contributed by atoms with E-state index in [0.717, 1.165) is 30.1 Å². The van der Waals surface area contributed by atoms with Crippen molar-refractivity contribution in [3.63, 3.8) is 0 Å². The van der Waals surface area contributed by atoms with Crippen LogP contribution in [0.5, 0.6) is 0 Å². The van der Waals surface area contributed by atoms with E-state index in [2.05, 4.69) is 33.1 Å². The topological polar surface area (TPSA) is 78.8 Å². The number of sulfonamides is 1. The second kappa shape index (κ2) is 10.5. The number of halogens is 1. The van der Waals surface area contributed by atoms with Gasteiger partial charge in [-0.2, -0.15) is 5.10 Å². The van der Waals surface area contributed by atoms with Crippen molar-refractivity contribution in [1.29, 1.82) is 0 Å². The fourth-order valence-corrected chi connectivity index (χ4v) is 5.08. The van der Waals surface area contributed by atoms with E-state index in [1.807, 2.05) is 51.1 Å². The highest BCUT2D eigenvalue weighted by Crippen LogP contribution is 2.26. The Balaban J connectivity index is 1.91. The van der Waals surface area contributed by atoms with E-state index >= 15 is 0 Å². The van der Waals surface area contributed by atoms with Gasteiger partial charge in [0.05, 0.1) is 16.3 Å². The Morgan fingerprint density at radius 1 is 0.970 bits per heavy atom. The molecule has 0 unspecified atom stereocenters. The molecule has 33 heavy (non-hydrogen) atoms. The van der Waals surface area contributed by atoms with Crippen LogP contribution in [0.25, 0.3) is 0 Å². The monoisotopic (exact) mass is 575 g/mol. The van der Waals surface area contributed by atoms with E-state index in [-0.39, 0.29) is 4.90 Å². The Morgan fingerprint density at radius 3 is 2.30 bits per heavy atom. The van der Waals surface area contributed by atoms with Gasteiger partial charge in [-0.05, 0) is 103 Å². The molecule has 0 saturated carbocycles. The highest BCUT2D eigenvalue weighted by molar-refractivity contribution is 14.1. The van der Waals surface area contributed by atoms with Crippen LogP contribution in [0.3, 0.4) is 0 Å². The molecule has 0 aliphatic rings. The number of aryl methyl sites for hydroxylation is 3. The average Bonchev–Trinajstić information content (AvgIpc) is 2.78. The molecular formula is C25H26IN3O3S. The first kappa shape index (κ1) is 24.9. The van der Waals surface area contributed by atoms with Crippen molar-refractivity contribution >= 4 is 49.9 Å². The first-order chi connectivity index (χ1) is 15.6. The third-order valence-corrected chi connectivity index (χ3v) is 7.72. The highest BCUT2D eigenvalue weighted by atomic mass is 127. The predicted octanol–water partition coefficient (Wildman–Crippen LogP) is 4.95. The lowest BCUT2D eigenvalue weighted by Gasteiger charge is -2.24. The van der Waals surface area contributed by atoms with Gasteiger partial charge >= 0.3 is 0 Å². The van der Waals surface area contributed by atoms with Gasteiger partial charge < -0.3 is 0 Å². The quantitative estimate of drug-likeness (QED) is 0.246. The van der Waals surface area contributed by atoms with Crippen LogP contribution in [0.4, 0.5) is 5.69 Å². The predicted molar refractivity (Wildman–Crippen MR) is 141 cm³/mol. The zero-order chi connectivity index (χ0) is 24.2. The molecule has 0 aliphatic carbocycles. The standard InChI is InChI=1S/C25H26IN3O3S/c1-17-8-12-24(13-9-17)33(31,32)29(23-11-10-18(2)19(3)14-23)16-25(30)28-27-20(4)21-6-5-7-22(26)15-21/h5-15H,16H2,1-4H3,(H,28,30)/b27-20-. The number of carbonyl (C=O) groups excluding carboxylic acids is 1. The molecule has 0 saturated heterocycles. The number of amides is 1. The van der Waals surface area contributed by atoms with Gasteiger partial charge in [-0.1, -0.05) is 35.9 Å². The van der Waals surface area contributed by atoms with Crippen molar-refractivity contribution in [3.8, 4) is 0 Å². The lowest BCUT2D eigenvalue weighted by molar-refractivity contribution is -0.119. The number of hydrogen-bond donors (Lipinski definition) is 1. The normalized spacial score (nSPS) is 11.8. The van der Waals surface area contributed by atoms with Gasteiger partial charge in [-0.3, -0.25) is 9.10 Å². The summed E-state index contributed by atoms with van der Waals surface area (Å²) in [5.74, 6) is -0.533. The maximum absolute atomic E-state index is 13.5. The number of hydrogen-bond acceptors (Lipinski definition) is 4. The fourth-order valence-electron chi connectivity index (χ4n) is 3.12. The molecule has 172 valence electrons. The number of anilines is 1. The number of hydrazone groups is 1. The molecule has 0 bridgehead atoms. The van der Waals surface area contributed by atoms with Crippen LogP contribution in [-0.4, -0.2) is 26.6 Å². The first-order valence-corrected chi connectivity index (χ1v) is 12.9. The van der Waals surface area contributed by atoms with Crippen LogP contribution in [0.1, 0.15) is 29.2 Å². The molecule has 3 aromatic rings. The number of nitrogens with one attached hydrogen (secondary N) is 1. The number of rotatable bonds is 7. The number of carbonyl (C=O) groups is 1. The number of benzene rings is 3. The fraction of sp³-hybridized carbons (Fsp3) is 0.200. The molecule has 3 aromatic carbocycles. The van der Waals surface area contributed by atoms with Gasteiger partial charge in [-0.15, -0.1) is 0 Å². The third kappa shape index (κ3) is 6.20. The minimum Gasteiger partial charge on any atom is -0.271 e. The van der Waals surface area contributed by atoms with Crippen molar-refractivity contribution in [2.45, 2.75) is 32.6 Å². The molecule has 3 rings (SSSR count). The molecule has 1 N–H and O–H groups in total. The minimum atomic E-state index is -3.97. The summed E-state index contributed by atoms with van der Waals surface area (Å²) in [5, 5.41) is 4.17. The van der Waals surface area contributed by atoms with E-state index in [0.29, 0.717) is 11.4 Å². The Labute approximate surface area is 208 Å². The molecule has 0 heterocycles. The molecule has 0 aromatic heterocycles. The maximum Gasteiger partial charge on any atom is 0.264 e. The minimum absolute atomic E-state index is 0.123. The van der Waals surface area contributed by atoms with Crippen molar-refractivity contribution in [2.75, 3.05) is 10.8 Å². The summed E-state index contributed by atoms with van der Waals surface area (Å²) in [5.41, 5.74) is 7.34. The van der Waals surface area contributed by atoms with Crippen molar-refractivity contribution in [3.05, 3.63) is 92.6 Å². The summed E-state index contributed by atoms with van der Waals surface area (Å²) < 4.78 is 29.1. The zero-order valence-corrected chi connectivity index (χ0v) is 21.9. The van der Waals surface area contributed by atoms with E-state index in [9.17, 15) is 13.2 Å². The lowest BCUT2D eigenvalue weighted by Crippen LogP contribution is -2.39. The second-order valence-electron chi connectivity index (χ2n) is 7.84. The molecule has 0 aliphatic heterocycles. The summed E-state index contributed by atoms with van der Waals surface area (Å²) in [6.45, 7) is 7.13. The van der Waals surface area contributed by atoms with Crippen LogP contribution in [0.2, 0.25) is 0 Å². The van der Waals surface area contributed by atoms with E-state index in [1.165, 1.54) is 0 Å².